The molecule has 0 unspecified atom stereocenters. The molecule has 0 amide bonds. The van der Waals surface area contributed by atoms with Gasteiger partial charge in [-0.25, -0.2) is 0 Å². The molecule has 0 radical (unpaired) electrons. The van der Waals surface area contributed by atoms with Gasteiger partial charge in [0.1, 0.15) is 6.61 Å². The Labute approximate surface area is 204 Å². The predicted molar refractivity (Wildman–Crippen MR) is 132 cm³/mol. The Morgan fingerprint density at radius 2 is 1.68 bits per heavy atom. The Balaban J connectivity index is 1.66. The van der Waals surface area contributed by atoms with Crippen LogP contribution in [0.4, 0.5) is 0 Å². The molecular weight excluding hydrogens is 454 g/mol. The van der Waals surface area contributed by atoms with Crippen molar-refractivity contribution < 1.29 is 18.9 Å². The summed E-state index contributed by atoms with van der Waals surface area (Å²) in [6.45, 7) is 3.16. The third kappa shape index (κ3) is 6.56. The standard InChI is InChI=1S/C26H26ClN3O4/c1-4-33-25-13-21(16-30-29-15-20-9-10-23(31-2)24(12-20)32-3)11-22(27)26(25)34-17-19-7-5-18(14-28)6-8-19/h5-13,16,29H,4,15,17H2,1-3H3/b30-16-. The number of hydrazone groups is 1. The molecule has 3 rings (SSSR count). The van der Waals surface area contributed by atoms with E-state index in [4.69, 9.17) is 35.8 Å². The van der Waals surface area contributed by atoms with E-state index >= 15 is 0 Å². The molecule has 3 aromatic carbocycles. The summed E-state index contributed by atoms with van der Waals surface area (Å²) in [5.74, 6) is 2.33. The lowest BCUT2D eigenvalue weighted by Crippen LogP contribution is -2.06. The quantitative estimate of drug-likeness (QED) is 0.295. The van der Waals surface area contributed by atoms with Gasteiger partial charge in [0.05, 0.1) is 50.2 Å². The van der Waals surface area contributed by atoms with Crippen LogP contribution in [0.15, 0.2) is 59.7 Å². The Hall–Kier alpha value is -3.89. The lowest BCUT2D eigenvalue weighted by atomic mass is 10.1. The van der Waals surface area contributed by atoms with Crippen molar-refractivity contribution in [3.05, 3.63) is 81.9 Å². The van der Waals surface area contributed by atoms with E-state index in [1.807, 2.05) is 43.3 Å². The number of hydrogen-bond donors (Lipinski definition) is 1. The summed E-state index contributed by atoms with van der Waals surface area (Å²) in [6, 6.07) is 18.6. The second kappa shape index (κ2) is 12.4. The van der Waals surface area contributed by atoms with Crippen LogP contribution in [-0.2, 0) is 13.2 Å². The number of nitrogens with one attached hydrogen (secondary N) is 1. The monoisotopic (exact) mass is 479 g/mol. The molecule has 176 valence electrons. The van der Waals surface area contributed by atoms with E-state index in [-0.39, 0.29) is 0 Å². The van der Waals surface area contributed by atoms with Gasteiger partial charge in [-0.2, -0.15) is 10.4 Å². The second-order valence-corrected chi connectivity index (χ2v) is 7.55. The molecule has 0 aliphatic rings. The average Bonchev–Trinajstić information content (AvgIpc) is 2.86. The van der Waals surface area contributed by atoms with Crippen LogP contribution in [0.25, 0.3) is 0 Å². The van der Waals surface area contributed by atoms with Crippen LogP contribution in [0.5, 0.6) is 23.0 Å². The highest BCUT2D eigenvalue weighted by atomic mass is 35.5. The van der Waals surface area contributed by atoms with Gasteiger partial charge in [-0.15, -0.1) is 0 Å². The van der Waals surface area contributed by atoms with Crippen LogP contribution < -0.4 is 24.4 Å². The number of halogens is 1. The summed E-state index contributed by atoms with van der Waals surface area (Å²) in [4.78, 5) is 0. The summed E-state index contributed by atoms with van der Waals surface area (Å²) in [5, 5.41) is 13.6. The largest absolute Gasteiger partial charge is 0.493 e. The van der Waals surface area contributed by atoms with Gasteiger partial charge in [-0.1, -0.05) is 29.8 Å². The molecule has 0 atom stereocenters. The van der Waals surface area contributed by atoms with Gasteiger partial charge in [0.15, 0.2) is 23.0 Å². The van der Waals surface area contributed by atoms with Crippen molar-refractivity contribution in [3.63, 3.8) is 0 Å². The molecule has 8 heteroatoms. The topological polar surface area (TPSA) is 85.1 Å². The maximum absolute atomic E-state index is 8.93. The minimum Gasteiger partial charge on any atom is -0.493 e. The van der Waals surface area contributed by atoms with Crippen molar-refractivity contribution in [3.8, 4) is 29.1 Å². The van der Waals surface area contributed by atoms with Gasteiger partial charge < -0.3 is 24.4 Å². The second-order valence-electron chi connectivity index (χ2n) is 7.14. The van der Waals surface area contributed by atoms with E-state index in [9.17, 15) is 0 Å². The Morgan fingerprint density at radius 3 is 2.35 bits per heavy atom. The predicted octanol–water partition coefficient (Wildman–Crippen LogP) is 5.33. The Kier molecular flexibility index (Phi) is 9.01. The van der Waals surface area contributed by atoms with E-state index in [0.29, 0.717) is 53.3 Å². The van der Waals surface area contributed by atoms with E-state index in [1.165, 1.54) is 0 Å². The first kappa shape index (κ1) is 24.7. The molecular formula is C26H26ClN3O4. The highest BCUT2D eigenvalue weighted by Gasteiger charge is 2.13. The first-order chi connectivity index (χ1) is 16.6. The first-order valence-corrected chi connectivity index (χ1v) is 11.0. The molecule has 0 bridgehead atoms. The van der Waals surface area contributed by atoms with Crippen molar-refractivity contribution in [2.45, 2.75) is 20.1 Å². The number of benzene rings is 3. The van der Waals surface area contributed by atoms with Gasteiger partial charge in [0, 0.05) is 0 Å². The molecule has 0 aromatic heterocycles. The number of nitrogens with zero attached hydrogens (tertiary/aromatic N) is 2. The van der Waals surface area contributed by atoms with Crippen LogP contribution >= 0.6 is 11.6 Å². The SMILES string of the molecule is CCOc1cc(/C=N\NCc2ccc(OC)c(OC)c2)cc(Cl)c1OCc1ccc(C#N)cc1. The Bertz CT molecular complexity index is 1170. The number of hydrogen-bond acceptors (Lipinski definition) is 7. The molecule has 0 saturated carbocycles. The van der Waals surface area contributed by atoms with E-state index in [2.05, 4.69) is 16.6 Å². The van der Waals surface area contributed by atoms with Gasteiger partial charge in [-0.3, -0.25) is 0 Å². The van der Waals surface area contributed by atoms with Crippen molar-refractivity contribution in [1.82, 2.24) is 5.43 Å². The van der Waals surface area contributed by atoms with E-state index in [0.717, 1.165) is 16.7 Å². The molecule has 3 aromatic rings. The van der Waals surface area contributed by atoms with Crippen LogP contribution in [0.1, 0.15) is 29.2 Å². The van der Waals surface area contributed by atoms with Crippen molar-refractivity contribution in [2.24, 2.45) is 5.10 Å². The molecule has 7 nitrogen and oxygen atoms in total. The van der Waals surface area contributed by atoms with Crippen molar-refractivity contribution >= 4 is 17.8 Å². The Morgan fingerprint density at radius 1 is 0.941 bits per heavy atom. The fourth-order valence-corrected chi connectivity index (χ4v) is 3.42. The zero-order chi connectivity index (χ0) is 24.3. The minimum atomic E-state index is 0.297. The van der Waals surface area contributed by atoms with Crippen LogP contribution in [0.3, 0.4) is 0 Å². The molecule has 34 heavy (non-hydrogen) atoms. The summed E-state index contributed by atoms with van der Waals surface area (Å²) >= 11 is 6.50. The van der Waals surface area contributed by atoms with Crippen molar-refractivity contribution in [1.29, 1.82) is 5.26 Å². The highest BCUT2D eigenvalue weighted by Crippen LogP contribution is 2.37. The van der Waals surface area contributed by atoms with Gasteiger partial charge in [0.25, 0.3) is 0 Å². The third-order valence-electron chi connectivity index (χ3n) is 4.83. The molecule has 0 spiro atoms. The minimum absolute atomic E-state index is 0.297. The number of methoxy groups -OCH3 is 2. The van der Waals surface area contributed by atoms with E-state index in [1.54, 1.807) is 38.6 Å². The molecule has 1 N–H and O–H groups in total. The number of nitriles is 1. The van der Waals surface area contributed by atoms with Gasteiger partial charge >= 0.3 is 0 Å². The van der Waals surface area contributed by atoms with Crippen LogP contribution in [0.2, 0.25) is 5.02 Å². The summed E-state index contributed by atoms with van der Waals surface area (Å²) in [7, 11) is 3.20. The third-order valence-corrected chi connectivity index (χ3v) is 5.11. The summed E-state index contributed by atoms with van der Waals surface area (Å²) in [6.07, 6.45) is 1.67. The summed E-state index contributed by atoms with van der Waals surface area (Å²) < 4.78 is 22.3. The molecule has 0 heterocycles. The molecule has 0 saturated heterocycles. The van der Waals surface area contributed by atoms with E-state index < -0.39 is 0 Å². The zero-order valence-electron chi connectivity index (χ0n) is 19.3. The maximum atomic E-state index is 8.93. The molecule has 0 aliphatic carbocycles. The average molecular weight is 480 g/mol. The lowest BCUT2D eigenvalue weighted by molar-refractivity contribution is 0.269. The van der Waals surface area contributed by atoms with Gasteiger partial charge in [0.2, 0.25) is 0 Å². The van der Waals surface area contributed by atoms with Crippen molar-refractivity contribution in [2.75, 3.05) is 20.8 Å². The smallest absolute Gasteiger partial charge is 0.180 e. The first-order valence-electron chi connectivity index (χ1n) is 10.6. The molecule has 0 aliphatic heterocycles. The number of rotatable bonds is 11. The normalized spacial score (nSPS) is 10.6. The fraction of sp³-hybridized carbons (Fsp3) is 0.231. The van der Waals surface area contributed by atoms with Gasteiger partial charge in [-0.05, 0) is 60.0 Å². The summed E-state index contributed by atoms with van der Waals surface area (Å²) in [5.41, 5.74) is 6.29. The maximum Gasteiger partial charge on any atom is 0.180 e. The van der Waals surface area contributed by atoms with Crippen LogP contribution in [0, 0.1) is 11.3 Å². The highest BCUT2D eigenvalue weighted by molar-refractivity contribution is 6.32. The molecule has 0 fully saturated rings. The zero-order valence-corrected chi connectivity index (χ0v) is 20.1. The van der Waals surface area contributed by atoms with Crippen LogP contribution in [-0.4, -0.2) is 27.0 Å². The fourth-order valence-electron chi connectivity index (χ4n) is 3.14. The number of ether oxygens (including phenoxy) is 4. The lowest BCUT2D eigenvalue weighted by Gasteiger charge is -2.14.